The molecule has 1 aromatic rings. The van der Waals surface area contributed by atoms with Crippen LogP contribution in [0, 0.1) is 0 Å². The Bertz CT molecular complexity index is 734. The summed E-state index contributed by atoms with van der Waals surface area (Å²) >= 11 is 0. The molecule has 7 heteroatoms. The molecule has 0 aromatic heterocycles. The predicted molar refractivity (Wildman–Crippen MR) is 90.6 cm³/mol. The van der Waals surface area contributed by atoms with Crippen LogP contribution in [0.2, 0.25) is 0 Å². The lowest BCUT2D eigenvalue weighted by Crippen LogP contribution is -2.51. The maximum atomic E-state index is 12.4. The number of rotatable bonds is 2. The summed E-state index contributed by atoms with van der Waals surface area (Å²) in [5, 5.41) is 0. The number of carbonyl (C=O) groups excluding carboxylic acids is 3. The Balaban J connectivity index is 1.50. The zero-order valence-electron chi connectivity index (χ0n) is 14.2. The maximum absolute atomic E-state index is 12.4. The van der Waals surface area contributed by atoms with E-state index in [9.17, 15) is 14.4 Å². The Labute approximate surface area is 146 Å². The first-order valence-electron chi connectivity index (χ1n) is 8.68. The second-order valence-corrected chi connectivity index (χ2v) is 6.68. The minimum atomic E-state index is -0.291. The van der Waals surface area contributed by atoms with Crippen LogP contribution in [0.15, 0.2) is 18.2 Å². The highest BCUT2D eigenvalue weighted by Crippen LogP contribution is 2.31. The Morgan fingerprint density at radius 3 is 2.56 bits per heavy atom. The fraction of sp³-hybridized carbons (Fsp3) is 0.500. The third-order valence-electron chi connectivity index (χ3n) is 5.23. The van der Waals surface area contributed by atoms with Crippen molar-refractivity contribution in [1.82, 2.24) is 9.80 Å². The molecule has 2 saturated heterocycles. The Kier molecular flexibility index (Phi) is 3.95. The average Bonchev–Trinajstić information content (AvgIpc) is 3.26. The zero-order valence-corrected chi connectivity index (χ0v) is 14.2. The highest BCUT2D eigenvalue weighted by Gasteiger charge is 2.37. The molecular formula is C18H21N3O4. The molecule has 1 aromatic carbocycles. The van der Waals surface area contributed by atoms with Crippen molar-refractivity contribution < 1.29 is 19.1 Å². The van der Waals surface area contributed by atoms with Crippen molar-refractivity contribution in [2.75, 3.05) is 44.7 Å². The first-order valence-corrected chi connectivity index (χ1v) is 8.68. The van der Waals surface area contributed by atoms with Gasteiger partial charge in [0.15, 0.2) is 0 Å². The van der Waals surface area contributed by atoms with Crippen LogP contribution in [0.25, 0.3) is 0 Å². The quantitative estimate of drug-likeness (QED) is 0.741. The Morgan fingerprint density at radius 1 is 1.12 bits per heavy atom. The van der Waals surface area contributed by atoms with Crippen LogP contribution in [-0.4, -0.2) is 73.5 Å². The molecule has 0 bridgehead atoms. The summed E-state index contributed by atoms with van der Waals surface area (Å²) in [5.74, 6) is -0.441. The van der Waals surface area contributed by atoms with Gasteiger partial charge in [0.2, 0.25) is 0 Å². The topological polar surface area (TPSA) is 70.2 Å². The van der Waals surface area contributed by atoms with Crippen LogP contribution in [0.5, 0.6) is 0 Å². The van der Waals surface area contributed by atoms with Crippen LogP contribution in [0.1, 0.15) is 33.6 Å². The van der Waals surface area contributed by atoms with E-state index in [1.165, 1.54) is 7.05 Å². The molecule has 0 aliphatic carbocycles. The van der Waals surface area contributed by atoms with Gasteiger partial charge in [-0.1, -0.05) is 6.07 Å². The molecule has 25 heavy (non-hydrogen) atoms. The van der Waals surface area contributed by atoms with Gasteiger partial charge in [0.05, 0.1) is 16.8 Å². The van der Waals surface area contributed by atoms with Crippen LogP contribution in [0.3, 0.4) is 0 Å². The van der Waals surface area contributed by atoms with Gasteiger partial charge in [0, 0.05) is 39.8 Å². The van der Waals surface area contributed by atoms with Gasteiger partial charge in [-0.15, -0.1) is 0 Å². The minimum Gasteiger partial charge on any atom is -0.368 e. The molecule has 0 saturated carbocycles. The number of carbonyl (C=O) groups is 3. The standard InChI is InChI=1S/C18H21N3O4/c1-19-16(22)12-4-2-5-13(15(12)18(19)24)20-7-9-21(10-8-20)17(23)14-6-3-11-25-14/h2,4-5,14H,3,6-11H2,1H3. The molecule has 132 valence electrons. The van der Waals surface area contributed by atoms with Gasteiger partial charge < -0.3 is 14.5 Å². The molecule has 3 aliphatic rings. The van der Waals surface area contributed by atoms with Crippen LogP contribution in [-0.2, 0) is 9.53 Å². The van der Waals surface area contributed by atoms with Crippen LogP contribution < -0.4 is 4.90 Å². The van der Waals surface area contributed by atoms with Gasteiger partial charge in [-0.05, 0) is 25.0 Å². The molecule has 2 fully saturated rings. The first kappa shape index (κ1) is 16.1. The molecular weight excluding hydrogens is 322 g/mol. The average molecular weight is 343 g/mol. The Morgan fingerprint density at radius 2 is 1.88 bits per heavy atom. The zero-order chi connectivity index (χ0) is 17.6. The highest BCUT2D eigenvalue weighted by molar-refractivity contribution is 6.23. The molecule has 0 radical (unpaired) electrons. The van der Waals surface area contributed by atoms with Gasteiger partial charge in [-0.3, -0.25) is 19.3 Å². The van der Waals surface area contributed by atoms with Crippen molar-refractivity contribution in [1.29, 1.82) is 0 Å². The monoisotopic (exact) mass is 343 g/mol. The molecule has 0 spiro atoms. The fourth-order valence-electron chi connectivity index (χ4n) is 3.79. The predicted octanol–water partition coefficient (Wildman–Crippen LogP) is 0.740. The van der Waals surface area contributed by atoms with Crippen LogP contribution in [0.4, 0.5) is 5.69 Å². The normalized spacial score (nSPS) is 23.4. The van der Waals surface area contributed by atoms with Crippen LogP contribution >= 0.6 is 0 Å². The van der Waals surface area contributed by atoms with E-state index in [1.807, 2.05) is 17.0 Å². The molecule has 0 N–H and O–H groups in total. The van der Waals surface area contributed by atoms with E-state index < -0.39 is 0 Å². The molecule has 4 rings (SSSR count). The lowest BCUT2D eigenvalue weighted by Gasteiger charge is -2.37. The number of imide groups is 1. The molecule has 3 aliphatic heterocycles. The number of nitrogens with zero attached hydrogens (tertiary/aromatic N) is 3. The van der Waals surface area contributed by atoms with E-state index in [-0.39, 0.29) is 23.8 Å². The van der Waals surface area contributed by atoms with Gasteiger partial charge in [-0.25, -0.2) is 0 Å². The fourth-order valence-corrected chi connectivity index (χ4v) is 3.79. The van der Waals surface area contributed by atoms with E-state index in [0.717, 1.165) is 23.4 Å². The number of piperazine rings is 1. The molecule has 3 heterocycles. The smallest absolute Gasteiger partial charge is 0.263 e. The molecule has 3 amide bonds. The van der Waals surface area contributed by atoms with Crippen molar-refractivity contribution >= 4 is 23.4 Å². The third-order valence-corrected chi connectivity index (χ3v) is 5.23. The number of hydrogen-bond donors (Lipinski definition) is 0. The highest BCUT2D eigenvalue weighted by atomic mass is 16.5. The minimum absolute atomic E-state index is 0.0708. The van der Waals surface area contributed by atoms with E-state index in [0.29, 0.717) is 43.9 Å². The summed E-state index contributed by atoms with van der Waals surface area (Å²) in [6.07, 6.45) is 1.45. The SMILES string of the molecule is CN1C(=O)c2cccc(N3CCN(C(=O)C4CCCO4)CC3)c2C1=O. The summed E-state index contributed by atoms with van der Waals surface area (Å²) < 4.78 is 5.49. The summed E-state index contributed by atoms with van der Waals surface area (Å²) in [5.41, 5.74) is 1.72. The largest absolute Gasteiger partial charge is 0.368 e. The third kappa shape index (κ3) is 2.59. The van der Waals surface area contributed by atoms with Gasteiger partial charge in [0.1, 0.15) is 6.10 Å². The maximum Gasteiger partial charge on any atom is 0.263 e. The lowest BCUT2D eigenvalue weighted by molar-refractivity contribution is -0.141. The number of anilines is 1. The number of hydrogen-bond acceptors (Lipinski definition) is 5. The molecule has 1 unspecified atom stereocenters. The second-order valence-electron chi connectivity index (χ2n) is 6.68. The summed E-state index contributed by atoms with van der Waals surface area (Å²) in [7, 11) is 1.51. The number of fused-ring (bicyclic) bond motifs is 1. The van der Waals surface area contributed by atoms with E-state index in [2.05, 4.69) is 4.90 Å². The summed E-state index contributed by atoms with van der Waals surface area (Å²) in [6, 6.07) is 5.38. The summed E-state index contributed by atoms with van der Waals surface area (Å²) in [6.45, 7) is 3.14. The van der Waals surface area contributed by atoms with E-state index in [1.54, 1.807) is 6.07 Å². The first-order chi connectivity index (χ1) is 12.1. The number of amides is 3. The van der Waals surface area contributed by atoms with Crippen molar-refractivity contribution in [2.24, 2.45) is 0 Å². The van der Waals surface area contributed by atoms with Gasteiger partial charge in [-0.2, -0.15) is 0 Å². The number of ether oxygens (including phenoxy) is 1. The van der Waals surface area contributed by atoms with Gasteiger partial charge in [0.25, 0.3) is 17.7 Å². The lowest BCUT2D eigenvalue weighted by atomic mass is 10.1. The number of benzene rings is 1. The van der Waals surface area contributed by atoms with Crippen molar-refractivity contribution in [3.63, 3.8) is 0 Å². The van der Waals surface area contributed by atoms with Crippen molar-refractivity contribution in [2.45, 2.75) is 18.9 Å². The van der Waals surface area contributed by atoms with Gasteiger partial charge >= 0.3 is 0 Å². The summed E-state index contributed by atoms with van der Waals surface area (Å²) in [4.78, 5) is 42.1. The van der Waals surface area contributed by atoms with E-state index in [4.69, 9.17) is 4.74 Å². The molecule has 1 atom stereocenters. The Hall–Kier alpha value is -2.41. The second kappa shape index (κ2) is 6.15. The van der Waals surface area contributed by atoms with Crippen molar-refractivity contribution in [3.8, 4) is 0 Å². The van der Waals surface area contributed by atoms with Crippen molar-refractivity contribution in [3.05, 3.63) is 29.3 Å². The van der Waals surface area contributed by atoms with E-state index >= 15 is 0 Å². The molecule has 7 nitrogen and oxygen atoms in total.